The van der Waals surface area contributed by atoms with E-state index in [1.54, 1.807) is 25.3 Å². The van der Waals surface area contributed by atoms with Gasteiger partial charge in [0.25, 0.3) is 0 Å². The molecule has 0 saturated heterocycles. The summed E-state index contributed by atoms with van der Waals surface area (Å²) in [6, 6.07) is 10.4. The third-order valence-corrected chi connectivity index (χ3v) is 3.38. The summed E-state index contributed by atoms with van der Waals surface area (Å²) in [5.74, 6) is 0.591. The number of hydrogen-bond acceptors (Lipinski definition) is 3. The molecule has 0 aromatic heterocycles. The molecule has 5 nitrogen and oxygen atoms in total. The van der Waals surface area contributed by atoms with Gasteiger partial charge in [0.15, 0.2) is 0 Å². The molecule has 2 aromatic rings. The van der Waals surface area contributed by atoms with Crippen molar-refractivity contribution in [3.8, 4) is 5.75 Å². The minimum atomic E-state index is -0.378. The zero-order valence-corrected chi connectivity index (χ0v) is 13.3. The zero-order chi connectivity index (χ0) is 15.4. The molecule has 0 atom stereocenters. The van der Waals surface area contributed by atoms with Crippen LogP contribution in [0, 0.1) is 6.92 Å². The average molecular weight is 350 g/mol. The molecule has 0 aliphatic rings. The second kappa shape index (κ2) is 6.49. The van der Waals surface area contributed by atoms with Crippen molar-refractivity contribution in [1.82, 2.24) is 0 Å². The highest BCUT2D eigenvalue weighted by molar-refractivity contribution is 9.10. The van der Waals surface area contributed by atoms with E-state index in [-0.39, 0.29) is 6.03 Å². The number of aryl methyl sites for hydroxylation is 1. The van der Waals surface area contributed by atoms with Gasteiger partial charge in [-0.15, -0.1) is 0 Å². The molecule has 2 amide bonds. The van der Waals surface area contributed by atoms with Crippen molar-refractivity contribution in [2.75, 3.05) is 23.5 Å². The highest BCUT2D eigenvalue weighted by Gasteiger charge is 2.11. The molecule has 0 radical (unpaired) electrons. The lowest BCUT2D eigenvalue weighted by Gasteiger charge is -2.14. The van der Waals surface area contributed by atoms with Gasteiger partial charge in [-0.1, -0.05) is 28.1 Å². The Hall–Kier alpha value is -2.21. The lowest BCUT2D eigenvalue weighted by molar-refractivity contribution is 0.262. The third kappa shape index (κ3) is 3.66. The number of urea groups is 1. The number of anilines is 3. The Morgan fingerprint density at radius 1 is 1.24 bits per heavy atom. The smallest absolute Gasteiger partial charge is 0.323 e. The van der Waals surface area contributed by atoms with Crippen LogP contribution in [-0.2, 0) is 0 Å². The summed E-state index contributed by atoms with van der Waals surface area (Å²) in [7, 11) is 1.55. The first-order chi connectivity index (χ1) is 10.0. The van der Waals surface area contributed by atoms with E-state index in [9.17, 15) is 4.79 Å². The van der Waals surface area contributed by atoms with Crippen molar-refractivity contribution >= 4 is 39.0 Å². The monoisotopic (exact) mass is 349 g/mol. The van der Waals surface area contributed by atoms with Crippen molar-refractivity contribution in [2.45, 2.75) is 6.92 Å². The maximum Gasteiger partial charge on any atom is 0.323 e. The van der Waals surface area contributed by atoms with Crippen molar-refractivity contribution in [2.24, 2.45) is 0 Å². The van der Waals surface area contributed by atoms with E-state index in [1.807, 2.05) is 25.1 Å². The van der Waals surface area contributed by atoms with Crippen LogP contribution < -0.4 is 21.1 Å². The summed E-state index contributed by atoms with van der Waals surface area (Å²) in [6.45, 7) is 1.87. The van der Waals surface area contributed by atoms with Gasteiger partial charge in [0.05, 0.1) is 24.2 Å². The van der Waals surface area contributed by atoms with Crippen LogP contribution in [0.15, 0.2) is 40.9 Å². The lowest BCUT2D eigenvalue weighted by Crippen LogP contribution is -2.21. The molecule has 0 fully saturated rings. The molecule has 0 spiro atoms. The highest BCUT2D eigenvalue weighted by atomic mass is 79.9. The second-order valence-electron chi connectivity index (χ2n) is 4.47. The third-order valence-electron chi connectivity index (χ3n) is 2.92. The Kier molecular flexibility index (Phi) is 4.70. The van der Waals surface area contributed by atoms with Crippen molar-refractivity contribution < 1.29 is 9.53 Å². The Bertz CT molecular complexity index is 651. The maximum atomic E-state index is 12.1. The number of ether oxygens (including phenoxy) is 1. The van der Waals surface area contributed by atoms with Crippen molar-refractivity contribution in [1.29, 1.82) is 0 Å². The van der Waals surface area contributed by atoms with Crippen LogP contribution >= 0.6 is 15.9 Å². The van der Waals surface area contributed by atoms with Gasteiger partial charge in [0.2, 0.25) is 0 Å². The first-order valence-electron chi connectivity index (χ1n) is 6.28. The fourth-order valence-electron chi connectivity index (χ4n) is 1.95. The first kappa shape index (κ1) is 15.2. The van der Waals surface area contributed by atoms with Crippen molar-refractivity contribution in [3.63, 3.8) is 0 Å². The Morgan fingerprint density at radius 2 is 1.95 bits per heavy atom. The molecule has 21 heavy (non-hydrogen) atoms. The minimum Gasteiger partial charge on any atom is -0.495 e. The number of benzene rings is 2. The number of halogens is 1. The topological polar surface area (TPSA) is 76.4 Å². The van der Waals surface area contributed by atoms with Gasteiger partial charge in [-0.05, 0) is 36.8 Å². The van der Waals surface area contributed by atoms with Gasteiger partial charge in [0, 0.05) is 4.47 Å². The zero-order valence-electron chi connectivity index (χ0n) is 11.7. The molecule has 0 unspecified atom stereocenters. The summed E-state index contributed by atoms with van der Waals surface area (Å²) in [5.41, 5.74) is 8.47. The Morgan fingerprint density at radius 3 is 2.62 bits per heavy atom. The molecule has 2 rings (SSSR count). The number of hydrogen-bond donors (Lipinski definition) is 3. The SMILES string of the molecule is COc1ccccc1NC(=O)Nc1c(C)cc(Br)cc1N. The highest BCUT2D eigenvalue weighted by Crippen LogP contribution is 2.28. The summed E-state index contributed by atoms with van der Waals surface area (Å²) in [5, 5.41) is 5.49. The van der Waals surface area contributed by atoms with Gasteiger partial charge >= 0.3 is 6.03 Å². The van der Waals surface area contributed by atoms with E-state index in [0.717, 1.165) is 10.0 Å². The number of nitrogens with one attached hydrogen (secondary N) is 2. The maximum absolute atomic E-state index is 12.1. The molecule has 110 valence electrons. The summed E-state index contributed by atoms with van der Waals surface area (Å²) >= 11 is 3.36. The fourth-order valence-corrected chi connectivity index (χ4v) is 2.54. The van der Waals surface area contributed by atoms with E-state index in [0.29, 0.717) is 22.8 Å². The van der Waals surface area contributed by atoms with E-state index in [1.165, 1.54) is 0 Å². The van der Waals surface area contributed by atoms with Crippen molar-refractivity contribution in [3.05, 3.63) is 46.4 Å². The van der Waals surface area contributed by atoms with Crippen LogP contribution in [-0.4, -0.2) is 13.1 Å². The molecule has 0 bridgehead atoms. The number of nitrogen functional groups attached to an aromatic ring is 1. The van der Waals surface area contributed by atoms with Gasteiger partial charge < -0.3 is 21.1 Å². The number of methoxy groups -OCH3 is 1. The minimum absolute atomic E-state index is 0.378. The molecule has 6 heteroatoms. The first-order valence-corrected chi connectivity index (χ1v) is 7.07. The van der Waals surface area contributed by atoms with Gasteiger partial charge in [-0.2, -0.15) is 0 Å². The van der Waals surface area contributed by atoms with E-state index < -0.39 is 0 Å². The average Bonchev–Trinajstić information content (AvgIpc) is 2.43. The Balaban J connectivity index is 2.16. The quantitative estimate of drug-likeness (QED) is 0.733. The summed E-state index contributed by atoms with van der Waals surface area (Å²) in [4.78, 5) is 12.1. The van der Waals surface area contributed by atoms with E-state index in [4.69, 9.17) is 10.5 Å². The van der Waals surface area contributed by atoms with E-state index in [2.05, 4.69) is 26.6 Å². The summed E-state index contributed by atoms with van der Waals surface area (Å²) in [6.07, 6.45) is 0. The fraction of sp³-hybridized carbons (Fsp3) is 0.133. The number of amides is 2. The Labute approximate surface area is 131 Å². The largest absolute Gasteiger partial charge is 0.495 e. The van der Waals surface area contributed by atoms with Crippen LogP contribution in [0.1, 0.15) is 5.56 Å². The van der Waals surface area contributed by atoms with Gasteiger partial charge in [-0.25, -0.2) is 4.79 Å². The van der Waals surface area contributed by atoms with Crippen LogP contribution in [0.2, 0.25) is 0 Å². The van der Waals surface area contributed by atoms with Gasteiger partial charge in [-0.3, -0.25) is 0 Å². The molecule has 2 aromatic carbocycles. The van der Waals surface area contributed by atoms with Crippen LogP contribution in [0.25, 0.3) is 0 Å². The molecule has 0 aliphatic carbocycles. The molecule has 0 saturated carbocycles. The lowest BCUT2D eigenvalue weighted by atomic mass is 10.1. The van der Waals surface area contributed by atoms with Gasteiger partial charge in [0.1, 0.15) is 5.75 Å². The predicted octanol–water partition coefficient (Wildman–Crippen LogP) is 3.99. The number of carbonyl (C=O) groups is 1. The second-order valence-corrected chi connectivity index (χ2v) is 5.38. The van der Waals surface area contributed by atoms with E-state index >= 15 is 0 Å². The molecule has 0 heterocycles. The number of rotatable bonds is 3. The number of nitrogens with two attached hydrogens (primary N) is 1. The summed E-state index contributed by atoms with van der Waals surface area (Å²) < 4.78 is 6.05. The molecule has 4 N–H and O–H groups in total. The molecular weight excluding hydrogens is 334 g/mol. The number of para-hydroxylation sites is 2. The van der Waals surface area contributed by atoms with Crippen LogP contribution in [0.5, 0.6) is 5.75 Å². The normalized spacial score (nSPS) is 10.0. The van der Waals surface area contributed by atoms with Crippen LogP contribution in [0.3, 0.4) is 0 Å². The predicted molar refractivity (Wildman–Crippen MR) is 88.9 cm³/mol. The molecular formula is C15H16BrN3O2. The molecule has 0 aliphatic heterocycles. The number of carbonyl (C=O) groups excluding carboxylic acids is 1. The standard InChI is InChI=1S/C15H16BrN3O2/c1-9-7-10(16)8-11(17)14(9)19-15(20)18-12-5-3-4-6-13(12)21-2/h3-8H,17H2,1-2H3,(H2,18,19,20). The van der Waals surface area contributed by atoms with Crippen LogP contribution in [0.4, 0.5) is 21.9 Å².